The van der Waals surface area contributed by atoms with Crippen LogP contribution in [0.2, 0.25) is 0 Å². The fourth-order valence-corrected chi connectivity index (χ4v) is 2.62. The molecule has 3 rings (SSSR count). The van der Waals surface area contributed by atoms with Gasteiger partial charge in [0.05, 0.1) is 25.9 Å². The van der Waals surface area contributed by atoms with E-state index in [0.29, 0.717) is 47.5 Å². The first-order chi connectivity index (χ1) is 13.1. The molecule has 1 aliphatic heterocycles. The summed E-state index contributed by atoms with van der Waals surface area (Å²) in [6.45, 7) is 2.36. The molecule has 1 aliphatic rings. The zero-order valence-electron chi connectivity index (χ0n) is 15.2. The first-order valence-electron chi connectivity index (χ1n) is 8.58. The number of nitrogens with one attached hydrogen (secondary N) is 1. The van der Waals surface area contributed by atoms with Gasteiger partial charge in [-0.25, -0.2) is 0 Å². The maximum atomic E-state index is 12.2. The van der Waals surface area contributed by atoms with E-state index in [-0.39, 0.29) is 18.3 Å². The van der Waals surface area contributed by atoms with Crippen LogP contribution in [0.5, 0.6) is 23.0 Å². The van der Waals surface area contributed by atoms with Crippen LogP contribution in [0.25, 0.3) is 0 Å². The predicted octanol–water partition coefficient (Wildman–Crippen LogP) is 3.08. The second-order valence-corrected chi connectivity index (χ2v) is 5.97. The number of rotatable bonds is 6. The van der Waals surface area contributed by atoms with E-state index in [1.54, 1.807) is 36.4 Å². The molecular weight excluding hydrogens is 350 g/mol. The highest BCUT2D eigenvalue weighted by Gasteiger charge is 2.14. The molecule has 0 atom stereocenters. The Hall–Kier alpha value is -3.22. The van der Waals surface area contributed by atoms with Crippen molar-refractivity contribution in [1.82, 2.24) is 0 Å². The summed E-state index contributed by atoms with van der Waals surface area (Å²) in [5.41, 5.74) is 0.962. The van der Waals surface area contributed by atoms with Crippen molar-refractivity contribution in [2.45, 2.75) is 13.3 Å². The molecule has 142 valence electrons. The summed E-state index contributed by atoms with van der Waals surface area (Å²) in [5, 5.41) is 2.74. The van der Waals surface area contributed by atoms with Gasteiger partial charge in [0.1, 0.15) is 11.5 Å². The van der Waals surface area contributed by atoms with Crippen molar-refractivity contribution in [2.75, 3.05) is 32.2 Å². The molecule has 1 heterocycles. The maximum Gasteiger partial charge on any atom is 0.262 e. The summed E-state index contributed by atoms with van der Waals surface area (Å²) in [7, 11) is 1.52. The van der Waals surface area contributed by atoms with E-state index in [9.17, 15) is 9.59 Å². The number of hydrogen-bond donors (Lipinski definition) is 1. The Labute approximate surface area is 157 Å². The van der Waals surface area contributed by atoms with E-state index in [0.717, 1.165) is 6.42 Å². The fraction of sp³-hybridized carbons (Fsp3) is 0.300. The number of anilines is 1. The van der Waals surface area contributed by atoms with Gasteiger partial charge in [-0.15, -0.1) is 0 Å². The molecule has 27 heavy (non-hydrogen) atoms. The lowest BCUT2D eigenvalue weighted by Gasteiger charge is -2.13. The Kier molecular flexibility index (Phi) is 5.80. The van der Waals surface area contributed by atoms with Gasteiger partial charge in [-0.05, 0) is 31.2 Å². The van der Waals surface area contributed by atoms with Gasteiger partial charge in [-0.3, -0.25) is 9.59 Å². The monoisotopic (exact) mass is 371 g/mol. The SMILES string of the molecule is COc1ccc(C(C)=O)c(OCC(=O)Nc2ccc3c(c2)OCCCO3)c1. The number of hydrogen-bond acceptors (Lipinski definition) is 6. The lowest BCUT2D eigenvalue weighted by molar-refractivity contribution is -0.118. The van der Waals surface area contributed by atoms with E-state index >= 15 is 0 Å². The quantitative estimate of drug-likeness (QED) is 0.786. The molecule has 1 N–H and O–H groups in total. The minimum Gasteiger partial charge on any atom is -0.497 e. The van der Waals surface area contributed by atoms with Gasteiger partial charge in [-0.1, -0.05) is 0 Å². The second-order valence-electron chi connectivity index (χ2n) is 5.97. The second kappa shape index (κ2) is 8.44. The van der Waals surface area contributed by atoms with Crippen molar-refractivity contribution in [3.05, 3.63) is 42.0 Å². The number of benzene rings is 2. The first kappa shape index (κ1) is 18.6. The highest BCUT2D eigenvalue weighted by atomic mass is 16.5. The highest BCUT2D eigenvalue weighted by Crippen LogP contribution is 2.32. The number of fused-ring (bicyclic) bond motifs is 1. The molecule has 0 aliphatic carbocycles. The number of carbonyl (C=O) groups excluding carboxylic acids is 2. The molecular formula is C20H21NO6. The number of ether oxygens (including phenoxy) is 4. The summed E-state index contributed by atoms with van der Waals surface area (Å²) in [6.07, 6.45) is 0.809. The first-order valence-corrected chi connectivity index (χ1v) is 8.58. The number of methoxy groups -OCH3 is 1. The van der Waals surface area contributed by atoms with Crippen LogP contribution in [0.1, 0.15) is 23.7 Å². The van der Waals surface area contributed by atoms with Gasteiger partial charge in [0.25, 0.3) is 5.91 Å². The average Bonchev–Trinajstić information content (AvgIpc) is 2.91. The molecule has 0 radical (unpaired) electrons. The zero-order chi connectivity index (χ0) is 19.2. The number of amides is 1. The molecule has 7 heteroatoms. The van der Waals surface area contributed by atoms with Crippen molar-refractivity contribution >= 4 is 17.4 Å². The van der Waals surface area contributed by atoms with E-state index < -0.39 is 0 Å². The lowest BCUT2D eigenvalue weighted by atomic mass is 10.1. The zero-order valence-corrected chi connectivity index (χ0v) is 15.2. The summed E-state index contributed by atoms with van der Waals surface area (Å²) in [5.74, 6) is 1.58. The number of Topliss-reactive ketones (excluding diaryl/α,β-unsaturated/α-hetero) is 1. The number of ketones is 1. The summed E-state index contributed by atoms with van der Waals surface area (Å²) in [6, 6.07) is 10.1. The smallest absolute Gasteiger partial charge is 0.262 e. The van der Waals surface area contributed by atoms with Crippen molar-refractivity contribution in [2.24, 2.45) is 0 Å². The highest BCUT2D eigenvalue weighted by molar-refractivity contribution is 5.97. The van der Waals surface area contributed by atoms with Crippen LogP contribution in [-0.2, 0) is 4.79 Å². The van der Waals surface area contributed by atoms with E-state index in [2.05, 4.69) is 5.32 Å². The van der Waals surface area contributed by atoms with Gasteiger partial charge in [-0.2, -0.15) is 0 Å². The molecule has 0 spiro atoms. The van der Waals surface area contributed by atoms with E-state index in [1.807, 2.05) is 0 Å². The third-order valence-electron chi connectivity index (χ3n) is 3.96. The van der Waals surface area contributed by atoms with Crippen LogP contribution >= 0.6 is 0 Å². The Morgan fingerprint density at radius 1 is 1.07 bits per heavy atom. The molecule has 0 unspecified atom stereocenters. The summed E-state index contributed by atoms with van der Waals surface area (Å²) < 4.78 is 21.8. The topological polar surface area (TPSA) is 83.1 Å². The Balaban J connectivity index is 1.65. The van der Waals surface area contributed by atoms with Gasteiger partial charge in [0.15, 0.2) is 23.9 Å². The van der Waals surface area contributed by atoms with Crippen molar-refractivity contribution < 1.29 is 28.5 Å². The molecule has 0 fully saturated rings. The van der Waals surface area contributed by atoms with E-state index in [1.165, 1.54) is 14.0 Å². The molecule has 0 bridgehead atoms. The minimum absolute atomic E-state index is 0.157. The molecule has 2 aromatic rings. The molecule has 2 aromatic carbocycles. The summed E-state index contributed by atoms with van der Waals surface area (Å²) >= 11 is 0. The standard InChI is InChI=1S/C20H21NO6/c1-13(22)16-6-5-15(24-2)11-18(16)27-12-20(23)21-14-4-7-17-19(10-14)26-9-3-8-25-17/h4-7,10-11H,3,8-9,12H2,1-2H3,(H,21,23). The average molecular weight is 371 g/mol. The van der Waals surface area contributed by atoms with Crippen LogP contribution in [0, 0.1) is 0 Å². The van der Waals surface area contributed by atoms with Crippen molar-refractivity contribution in [3.63, 3.8) is 0 Å². The van der Waals surface area contributed by atoms with Gasteiger partial charge >= 0.3 is 0 Å². The Morgan fingerprint density at radius 3 is 2.59 bits per heavy atom. The van der Waals surface area contributed by atoms with Gasteiger partial charge in [0, 0.05) is 24.2 Å². The van der Waals surface area contributed by atoms with Gasteiger partial charge in [0.2, 0.25) is 0 Å². The molecule has 0 aromatic heterocycles. The Morgan fingerprint density at radius 2 is 1.85 bits per heavy atom. The maximum absolute atomic E-state index is 12.2. The predicted molar refractivity (Wildman–Crippen MR) is 99.2 cm³/mol. The third kappa shape index (κ3) is 4.69. The van der Waals surface area contributed by atoms with E-state index in [4.69, 9.17) is 18.9 Å². The molecule has 7 nitrogen and oxygen atoms in total. The minimum atomic E-state index is -0.359. The van der Waals surface area contributed by atoms with Crippen LogP contribution in [0.15, 0.2) is 36.4 Å². The van der Waals surface area contributed by atoms with Crippen LogP contribution in [0.4, 0.5) is 5.69 Å². The largest absolute Gasteiger partial charge is 0.497 e. The summed E-state index contributed by atoms with van der Waals surface area (Å²) in [4.78, 5) is 24.0. The van der Waals surface area contributed by atoms with Crippen molar-refractivity contribution in [1.29, 1.82) is 0 Å². The third-order valence-corrected chi connectivity index (χ3v) is 3.96. The lowest BCUT2D eigenvalue weighted by Crippen LogP contribution is -2.20. The normalized spacial score (nSPS) is 12.7. The van der Waals surface area contributed by atoms with Crippen molar-refractivity contribution in [3.8, 4) is 23.0 Å². The number of carbonyl (C=O) groups is 2. The van der Waals surface area contributed by atoms with Gasteiger partial charge < -0.3 is 24.3 Å². The molecule has 0 saturated carbocycles. The van der Waals surface area contributed by atoms with Crippen LogP contribution in [-0.4, -0.2) is 38.6 Å². The molecule has 1 amide bonds. The Bertz CT molecular complexity index is 848. The molecule has 0 saturated heterocycles. The van der Waals surface area contributed by atoms with Crippen LogP contribution in [0.3, 0.4) is 0 Å². The van der Waals surface area contributed by atoms with Crippen LogP contribution < -0.4 is 24.3 Å². The fourth-order valence-electron chi connectivity index (χ4n) is 2.62.